The summed E-state index contributed by atoms with van der Waals surface area (Å²) in [6.45, 7) is 0. The van der Waals surface area contributed by atoms with E-state index >= 15 is 0 Å². The third kappa shape index (κ3) is 1.60. The second kappa shape index (κ2) is 3.42. The normalized spacial score (nSPS) is 10.7. The summed E-state index contributed by atoms with van der Waals surface area (Å²) in [7, 11) is 1.64. The van der Waals surface area contributed by atoms with Crippen molar-refractivity contribution < 1.29 is 13.2 Å². The molecule has 0 bridgehead atoms. The van der Waals surface area contributed by atoms with Crippen LogP contribution in [0.4, 0.5) is 13.2 Å². The van der Waals surface area contributed by atoms with Gasteiger partial charge in [0.05, 0.1) is 5.56 Å². The molecule has 0 aliphatic heterocycles. The Morgan fingerprint density at radius 3 is 2.33 bits per heavy atom. The summed E-state index contributed by atoms with van der Waals surface area (Å²) in [5.41, 5.74) is -0.0543. The third-order valence-electron chi connectivity index (χ3n) is 2.07. The minimum Gasteiger partial charge on any atom is -0.334 e. The van der Waals surface area contributed by atoms with Crippen molar-refractivity contribution in [3.63, 3.8) is 0 Å². The molecule has 0 atom stereocenters. The number of hydrogen-bond acceptors (Lipinski definition) is 1. The molecule has 1 aromatic heterocycles. The molecule has 5 heteroatoms. The van der Waals surface area contributed by atoms with Crippen molar-refractivity contribution in [2.45, 2.75) is 0 Å². The average molecular weight is 212 g/mol. The van der Waals surface area contributed by atoms with Crippen molar-refractivity contribution in [1.82, 2.24) is 9.55 Å². The van der Waals surface area contributed by atoms with Gasteiger partial charge in [0.15, 0.2) is 11.6 Å². The van der Waals surface area contributed by atoms with Gasteiger partial charge in [0.25, 0.3) is 0 Å². The van der Waals surface area contributed by atoms with Gasteiger partial charge in [-0.1, -0.05) is 0 Å². The van der Waals surface area contributed by atoms with Crippen molar-refractivity contribution in [1.29, 1.82) is 0 Å². The number of aryl methyl sites for hydroxylation is 1. The smallest absolute Gasteiger partial charge is 0.161 e. The van der Waals surface area contributed by atoms with E-state index in [2.05, 4.69) is 4.98 Å². The fourth-order valence-electron chi connectivity index (χ4n) is 1.32. The molecule has 0 spiro atoms. The molecule has 0 amide bonds. The number of aromatic nitrogens is 2. The lowest BCUT2D eigenvalue weighted by Crippen LogP contribution is -1.97. The predicted molar refractivity (Wildman–Crippen MR) is 48.5 cm³/mol. The molecule has 0 fully saturated rings. The van der Waals surface area contributed by atoms with E-state index in [0.29, 0.717) is 6.07 Å². The molecule has 0 saturated carbocycles. The number of hydrogen-bond donors (Lipinski definition) is 0. The van der Waals surface area contributed by atoms with Crippen molar-refractivity contribution >= 4 is 0 Å². The molecule has 0 saturated heterocycles. The van der Waals surface area contributed by atoms with Crippen LogP contribution >= 0.6 is 0 Å². The van der Waals surface area contributed by atoms with Crippen LogP contribution in [-0.4, -0.2) is 9.55 Å². The molecular formula is C10H7F3N2. The summed E-state index contributed by atoms with van der Waals surface area (Å²) in [6.07, 6.45) is 3.05. The van der Waals surface area contributed by atoms with E-state index in [-0.39, 0.29) is 11.4 Å². The van der Waals surface area contributed by atoms with Gasteiger partial charge < -0.3 is 4.57 Å². The van der Waals surface area contributed by atoms with Gasteiger partial charge in [-0.15, -0.1) is 0 Å². The summed E-state index contributed by atoms with van der Waals surface area (Å²) >= 11 is 0. The van der Waals surface area contributed by atoms with Gasteiger partial charge in [0.1, 0.15) is 11.6 Å². The summed E-state index contributed by atoms with van der Waals surface area (Å²) in [4.78, 5) is 3.85. The van der Waals surface area contributed by atoms with E-state index < -0.39 is 17.5 Å². The standard InChI is InChI=1S/C10H7F3N2/c1-15-3-2-14-10(15)6-4-8(12)9(13)5-7(6)11/h2-5H,1H3. The molecule has 1 heterocycles. The SMILES string of the molecule is Cn1ccnc1-c1cc(F)c(F)cc1F. The second-order valence-electron chi connectivity index (χ2n) is 3.11. The Morgan fingerprint density at radius 2 is 1.73 bits per heavy atom. The molecule has 15 heavy (non-hydrogen) atoms. The zero-order chi connectivity index (χ0) is 11.0. The van der Waals surface area contributed by atoms with Crippen molar-refractivity contribution in [2.24, 2.45) is 7.05 Å². The van der Waals surface area contributed by atoms with Crippen LogP contribution in [0, 0.1) is 17.5 Å². The summed E-state index contributed by atoms with van der Waals surface area (Å²) in [5.74, 6) is -2.87. The van der Waals surface area contributed by atoms with Gasteiger partial charge in [0, 0.05) is 25.5 Å². The maximum atomic E-state index is 13.3. The Balaban J connectivity index is 2.64. The average Bonchev–Trinajstić information content (AvgIpc) is 2.58. The molecule has 0 radical (unpaired) electrons. The lowest BCUT2D eigenvalue weighted by Gasteiger charge is -2.04. The molecule has 2 rings (SSSR count). The largest absolute Gasteiger partial charge is 0.334 e. The van der Waals surface area contributed by atoms with Crippen LogP contribution in [0.25, 0.3) is 11.4 Å². The van der Waals surface area contributed by atoms with E-state index in [4.69, 9.17) is 0 Å². The van der Waals surface area contributed by atoms with Gasteiger partial charge >= 0.3 is 0 Å². The molecule has 0 aliphatic carbocycles. The Kier molecular flexibility index (Phi) is 2.22. The first-order valence-electron chi connectivity index (χ1n) is 4.22. The Labute approximate surface area is 84.0 Å². The highest BCUT2D eigenvalue weighted by atomic mass is 19.2. The topological polar surface area (TPSA) is 17.8 Å². The van der Waals surface area contributed by atoms with Crippen LogP contribution in [0.2, 0.25) is 0 Å². The molecule has 1 aromatic carbocycles. The van der Waals surface area contributed by atoms with Gasteiger partial charge in [-0.25, -0.2) is 18.2 Å². The molecule has 0 N–H and O–H groups in total. The fourth-order valence-corrected chi connectivity index (χ4v) is 1.32. The van der Waals surface area contributed by atoms with E-state index in [9.17, 15) is 13.2 Å². The van der Waals surface area contributed by atoms with Crippen LogP contribution in [0.5, 0.6) is 0 Å². The first-order chi connectivity index (χ1) is 7.09. The highest BCUT2D eigenvalue weighted by Gasteiger charge is 2.14. The van der Waals surface area contributed by atoms with E-state index in [1.807, 2.05) is 0 Å². The van der Waals surface area contributed by atoms with E-state index in [1.54, 1.807) is 13.2 Å². The molecule has 78 valence electrons. The first-order valence-corrected chi connectivity index (χ1v) is 4.22. The summed E-state index contributed by atoms with van der Waals surface area (Å²) in [5, 5.41) is 0. The second-order valence-corrected chi connectivity index (χ2v) is 3.11. The number of imidazole rings is 1. The maximum Gasteiger partial charge on any atom is 0.161 e. The van der Waals surface area contributed by atoms with Gasteiger partial charge in [-0.3, -0.25) is 0 Å². The summed E-state index contributed by atoms with van der Waals surface area (Å²) < 4.78 is 40.4. The highest BCUT2D eigenvalue weighted by molar-refractivity contribution is 5.56. The van der Waals surface area contributed by atoms with Crippen LogP contribution in [0.15, 0.2) is 24.5 Å². The van der Waals surface area contributed by atoms with Crippen LogP contribution in [0.3, 0.4) is 0 Å². The number of nitrogens with zero attached hydrogens (tertiary/aromatic N) is 2. The van der Waals surface area contributed by atoms with Crippen molar-refractivity contribution in [2.75, 3.05) is 0 Å². The minimum absolute atomic E-state index is 0.0543. The lowest BCUT2D eigenvalue weighted by atomic mass is 10.2. The van der Waals surface area contributed by atoms with Crippen molar-refractivity contribution in [3.05, 3.63) is 42.0 Å². The highest BCUT2D eigenvalue weighted by Crippen LogP contribution is 2.23. The van der Waals surface area contributed by atoms with Crippen molar-refractivity contribution in [3.8, 4) is 11.4 Å². The fraction of sp³-hybridized carbons (Fsp3) is 0.100. The zero-order valence-corrected chi connectivity index (χ0v) is 7.84. The maximum absolute atomic E-state index is 13.3. The van der Waals surface area contributed by atoms with Gasteiger partial charge in [-0.05, 0) is 6.07 Å². The third-order valence-corrected chi connectivity index (χ3v) is 2.07. The zero-order valence-electron chi connectivity index (χ0n) is 7.84. The van der Waals surface area contributed by atoms with E-state index in [1.165, 1.54) is 10.8 Å². The Bertz CT molecular complexity index is 505. The molecular weight excluding hydrogens is 205 g/mol. The summed E-state index contributed by atoms with van der Waals surface area (Å²) in [6, 6.07) is 1.31. The number of rotatable bonds is 1. The lowest BCUT2D eigenvalue weighted by molar-refractivity contribution is 0.495. The quantitative estimate of drug-likeness (QED) is 0.664. The number of benzene rings is 1. The van der Waals surface area contributed by atoms with E-state index in [0.717, 1.165) is 6.07 Å². The molecule has 0 aliphatic rings. The Morgan fingerprint density at radius 1 is 1.07 bits per heavy atom. The van der Waals surface area contributed by atoms with Crippen LogP contribution < -0.4 is 0 Å². The Hall–Kier alpha value is -1.78. The predicted octanol–water partition coefficient (Wildman–Crippen LogP) is 2.50. The van der Waals surface area contributed by atoms with Crippen LogP contribution in [0.1, 0.15) is 0 Å². The minimum atomic E-state index is -1.20. The monoisotopic (exact) mass is 212 g/mol. The molecule has 0 unspecified atom stereocenters. The molecule has 2 aromatic rings. The van der Waals surface area contributed by atoms with Gasteiger partial charge in [0.2, 0.25) is 0 Å². The van der Waals surface area contributed by atoms with Crippen LogP contribution in [-0.2, 0) is 7.05 Å². The van der Waals surface area contributed by atoms with Gasteiger partial charge in [-0.2, -0.15) is 0 Å². The first kappa shape index (κ1) is 9.76. The number of halogens is 3. The molecule has 2 nitrogen and oxygen atoms in total.